The summed E-state index contributed by atoms with van der Waals surface area (Å²) in [5, 5.41) is 0. The molecule has 3 fully saturated rings. The minimum atomic E-state index is -3.35. The Bertz CT molecular complexity index is 456. The van der Waals surface area contributed by atoms with Crippen molar-refractivity contribution in [3.63, 3.8) is 0 Å². The highest BCUT2D eigenvalue weighted by Crippen LogP contribution is 2.28. The Morgan fingerprint density at radius 2 is 1.90 bits per heavy atom. The Hall–Kier alpha value is -0.210. The van der Waals surface area contributed by atoms with Crippen LogP contribution in [-0.2, 0) is 14.9 Å². The van der Waals surface area contributed by atoms with E-state index in [1.807, 2.05) is 13.8 Å². The van der Waals surface area contributed by atoms with Crippen LogP contribution in [0.25, 0.3) is 0 Å². The maximum atomic E-state index is 12.9. The summed E-state index contributed by atoms with van der Waals surface area (Å²) in [4.78, 5) is 2.44. The minimum Gasteiger partial charge on any atom is -0.376 e. The molecule has 0 aliphatic carbocycles. The molecule has 3 saturated heterocycles. The maximum absolute atomic E-state index is 12.9. The number of hydrogen-bond donors (Lipinski definition) is 0. The summed E-state index contributed by atoms with van der Waals surface area (Å²) in [6.45, 7) is 8.04. The molecule has 0 amide bonds. The van der Waals surface area contributed by atoms with Crippen molar-refractivity contribution >= 4 is 10.2 Å². The largest absolute Gasteiger partial charge is 0.376 e. The highest BCUT2D eigenvalue weighted by molar-refractivity contribution is 7.86. The summed E-state index contributed by atoms with van der Waals surface area (Å²) in [5.41, 5.74) is 0. The molecule has 0 radical (unpaired) electrons. The van der Waals surface area contributed by atoms with Gasteiger partial charge < -0.3 is 4.74 Å². The topological polar surface area (TPSA) is 53.1 Å². The lowest BCUT2D eigenvalue weighted by Gasteiger charge is -2.44. The van der Waals surface area contributed by atoms with Crippen LogP contribution in [0.4, 0.5) is 0 Å². The van der Waals surface area contributed by atoms with E-state index in [0.717, 1.165) is 19.5 Å². The van der Waals surface area contributed by atoms with E-state index in [4.69, 9.17) is 4.74 Å². The highest BCUT2D eigenvalue weighted by Gasteiger charge is 2.42. The molecule has 3 unspecified atom stereocenters. The third kappa shape index (κ3) is 2.62. The van der Waals surface area contributed by atoms with Gasteiger partial charge in [-0.1, -0.05) is 0 Å². The third-order valence-electron chi connectivity index (χ3n) is 4.71. The predicted octanol–water partition coefficient (Wildman–Crippen LogP) is 0.120. The molecule has 0 aromatic carbocycles. The van der Waals surface area contributed by atoms with Gasteiger partial charge in [-0.25, -0.2) is 0 Å². The second-order valence-corrected chi connectivity index (χ2v) is 8.14. The van der Waals surface area contributed by atoms with Crippen LogP contribution in [0.5, 0.6) is 0 Å². The molecular weight excluding hydrogens is 278 g/mol. The fourth-order valence-electron chi connectivity index (χ4n) is 3.63. The van der Waals surface area contributed by atoms with Gasteiger partial charge in [0, 0.05) is 38.3 Å². The predicted molar refractivity (Wildman–Crippen MR) is 76.7 cm³/mol. The zero-order chi connectivity index (χ0) is 14.3. The van der Waals surface area contributed by atoms with E-state index in [1.165, 1.54) is 6.42 Å². The van der Waals surface area contributed by atoms with Gasteiger partial charge in [0.15, 0.2) is 0 Å². The van der Waals surface area contributed by atoms with Crippen molar-refractivity contribution in [2.45, 2.75) is 44.9 Å². The van der Waals surface area contributed by atoms with Gasteiger partial charge in [0.2, 0.25) is 0 Å². The summed E-state index contributed by atoms with van der Waals surface area (Å²) >= 11 is 0. The Morgan fingerprint density at radius 1 is 1.10 bits per heavy atom. The zero-order valence-corrected chi connectivity index (χ0v) is 13.2. The number of nitrogens with zero attached hydrogens (tertiary/aromatic N) is 3. The number of morpholine rings is 1. The molecule has 0 spiro atoms. The van der Waals surface area contributed by atoms with Crippen LogP contribution in [0.15, 0.2) is 0 Å². The van der Waals surface area contributed by atoms with Gasteiger partial charge >= 0.3 is 0 Å². The van der Waals surface area contributed by atoms with Gasteiger partial charge in [-0.3, -0.25) is 4.90 Å². The Balaban J connectivity index is 1.76. The summed E-state index contributed by atoms with van der Waals surface area (Å²) in [6.07, 6.45) is 2.31. The summed E-state index contributed by atoms with van der Waals surface area (Å²) < 4.78 is 34.5. The molecule has 116 valence electrons. The monoisotopic (exact) mass is 303 g/mol. The first-order valence-electron chi connectivity index (χ1n) is 7.61. The average Bonchev–Trinajstić information content (AvgIpc) is 2.84. The molecule has 0 N–H and O–H groups in total. The van der Waals surface area contributed by atoms with E-state index in [0.29, 0.717) is 32.3 Å². The molecule has 3 rings (SSSR count). The van der Waals surface area contributed by atoms with Crippen LogP contribution in [0.3, 0.4) is 0 Å². The normalized spacial score (nSPS) is 38.0. The number of hydrogen-bond acceptors (Lipinski definition) is 4. The minimum absolute atomic E-state index is 0.0124. The molecule has 3 atom stereocenters. The van der Waals surface area contributed by atoms with Gasteiger partial charge in [0.1, 0.15) is 0 Å². The van der Waals surface area contributed by atoms with Crippen LogP contribution in [0.1, 0.15) is 26.7 Å². The van der Waals surface area contributed by atoms with Crippen LogP contribution >= 0.6 is 0 Å². The molecule has 3 heterocycles. The number of piperazine rings is 1. The van der Waals surface area contributed by atoms with Crippen LogP contribution in [0, 0.1) is 0 Å². The van der Waals surface area contributed by atoms with Crippen LogP contribution < -0.4 is 0 Å². The van der Waals surface area contributed by atoms with E-state index < -0.39 is 10.2 Å². The standard InChI is InChI=1S/C13H25N3O3S/c1-11-8-14-5-3-4-13(14)10-16(11)20(17,18)15-6-7-19-12(2)9-15/h11-13H,3-10H2,1-2H3. The molecule has 20 heavy (non-hydrogen) atoms. The first kappa shape index (κ1) is 14.7. The molecule has 6 nitrogen and oxygen atoms in total. The Kier molecular flexibility index (Phi) is 4.07. The molecule has 7 heteroatoms. The van der Waals surface area contributed by atoms with Crippen molar-refractivity contribution in [2.24, 2.45) is 0 Å². The fourth-order valence-corrected chi connectivity index (χ4v) is 5.51. The smallest absolute Gasteiger partial charge is 0.282 e. The van der Waals surface area contributed by atoms with Crippen molar-refractivity contribution in [1.82, 2.24) is 13.5 Å². The highest BCUT2D eigenvalue weighted by atomic mass is 32.2. The van der Waals surface area contributed by atoms with Crippen molar-refractivity contribution in [3.05, 3.63) is 0 Å². The van der Waals surface area contributed by atoms with E-state index in [9.17, 15) is 8.42 Å². The Morgan fingerprint density at radius 3 is 2.65 bits per heavy atom. The first-order chi connectivity index (χ1) is 9.48. The van der Waals surface area contributed by atoms with Crippen molar-refractivity contribution in [3.8, 4) is 0 Å². The number of rotatable bonds is 2. The summed E-state index contributed by atoms with van der Waals surface area (Å²) in [7, 11) is -3.35. The van der Waals surface area contributed by atoms with Crippen molar-refractivity contribution < 1.29 is 13.2 Å². The SMILES string of the molecule is CC1CN(S(=O)(=O)N2CC3CCCN3CC2C)CCO1. The zero-order valence-electron chi connectivity index (χ0n) is 12.4. The van der Waals surface area contributed by atoms with Crippen molar-refractivity contribution in [1.29, 1.82) is 0 Å². The molecule has 3 aliphatic rings. The molecule has 0 saturated carbocycles. The van der Waals surface area contributed by atoms with Gasteiger partial charge in [0.05, 0.1) is 12.7 Å². The van der Waals surface area contributed by atoms with E-state index in [1.54, 1.807) is 8.61 Å². The van der Waals surface area contributed by atoms with Gasteiger partial charge in [-0.2, -0.15) is 17.0 Å². The first-order valence-corrected chi connectivity index (χ1v) is 9.01. The van der Waals surface area contributed by atoms with Crippen LogP contribution in [0.2, 0.25) is 0 Å². The lowest BCUT2D eigenvalue weighted by Crippen LogP contribution is -2.61. The molecule has 0 aromatic rings. The van der Waals surface area contributed by atoms with E-state index in [-0.39, 0.29) is 12.1 Å². The second-order valence-electron chi connectivity index (χ2n) is 6.26. The number of ether oxygens (including phenoxy) is 1. The summed E-state index contributed by atoms with van der Waals surface area (Å²) in [6, 6.07) is 0.479. The fraction of sp³-hybridized carbons (Fsp3) is 1.00. The van der Waals surface area contributed by atoms with E-state index >= 15 is 0 Å². The molecule has 0 aromatic heterocycles. The maximum Gasteiger partial charge on any atom is 0.282 e. The lowest BCUT2D eigenvalue weighted by molar-refractivity contribution is 0.00610. The summed E-state index contributed by atoms with van der Waals surface area (Å²) in [5.74, 6) is 0. The second kappa shape index (κ2) is 5.53. The molecular formula is C13H25N3O3S. The lowest BCUT2D eigenvalue weighted by atomic mass is 10.1. The molecule has 0 bridgehead atoms. The Labute approximate surface area is 121 Å². The molecule has 3 aliphatic heterocycles. The third-order valence-corrected chi connectivity index (χ3v) is 6.79. The van der Waals surface area contributed by atoms with Crippen LogP contribution in [-0.4, -0.2) is 79.4 Å². The number of fused-ring (bicyclic) bond motifs is 1. The van der Waals surface area contributed by atoms with Crippen molar-refractivity contribution in [2.75, 3.05) is 39.3 Å². The van der Waals surface area contributed by atoms with Gasteiger partial charge in [-0.15, -0.1) is 0 Å². The average molecular weight is 303 g/mol. The van der Waals surface area contributed by atoms with Gasteiger partial charge in [0.25, 0.3) is 10.2 Å². The van der Waals surface area contributed by atoms with E-state index in [2.05, 4.69) is 4.90 Å². The quantitative estimate of drug-likeness (QED) is 0.727. The van der Waals surface area contributed by atoms with Gasteiger partial charge in [-0.05, 0) is 33.2 Å².